The van der Waals surface area contributed by atoms with E-state index in [2.05, 4.69) is 6.92 Å². The van der Waals surface area contributed by atoms with Crippen LogP contribution in [0, 0.1) is 12.8 Å². The van der Waals surface area contributed by atoms with E-state index in [1.807, 2.05) is 6.92 Å². The Morgan fingerprint density at radius 1 is 0.870 bits per heavy atom. The third kappa shape index (κ3) is 11.0. The Balaban J connectivity index is 4.70. The van der Waals surface area contributed by atoms with Gasteiger partial charge in [-0.15, -0.1) is 0 Å². The molecular formula is C15H31O8. The molecule has 4 N–H and O–H groups in total. The number of hydrogen-bond acceptors (Lipinski definition) is 8. The van der Waals surface area contributed by atoms with Crippen LogP contribution in [0.15, 0.2) is 0 Å². The quantitative estimate of drug-likeness (QED) is 0.263. The molecule has 0 aromatic heterocycles. The summed E-state index contributed by atoms with van der Waals surface area (Å²) >= 11 is 0. The number of aliphatic hydroxyl groups excluding tert-OH is 4. The molecule has 4 unspecified atom stereocenters. The number of aliphatic hydroxyl groups is 4. The third-order valence-corrected chi connectivity index (χ3v) is 3.28. The predicted molar refractivity (Wildman–Crippen MR) is 82.7 cm³/mol. The zero-order valence-electron chi connectivity index (χ0n) is 13.8. The van der Waals surface area contributed by atoms with Crippen LogP contribution in [0.2, 0.25) is 0 Å². The molecule has 0 aliphatic carbocycles. The van der Waals surface area contributed by atoms with Crippen LogP contribution in [0.4, 0.5) is 0 Å². The van der Waals surface area contributed by atoms with E-state index in [9.17, 15) is 5.11 Å². The average Bonchev–Trinajstić information content (AvgIpc) is 2.56. The minimum atomic E-state index is -1.10. The van der Waals surface area contributed by atoms with Gasteiger partial charge in [0.25, 0.3) is 0 Å². The van der Waals surface area contributed by atoms with Gasteiger partial charge in [0.2, 0.25) is 0 Å². The Kier molecular flexibility index (Phi) is 15.0. The summed E-state index contributed by atoms with van der Waals surface area (Å²) in [4.78, 5) is 0. The Hall–Kier alpha value is -0.320. The molecule has 0 spiro atoms. The minimum absolute atomic E-state index is 0.0251. The standard InChI is InChI=1S/C15H31O8/c1-3-20-11-14(22-8-5-17)12(2)13(21-7-4-16)10-15(19)23-9-6-18/h12-19H,1,3-11H2,2H3. The van der Waals surface area contributed by atoms with Crippen LogP contribution in [0.1, 0.15) is 13.3 Å². The van der Waals surface area contributed by atoms with Crippen LogP contribution in [-0.2, 0) is 18.9 Å². The first kappa shape index (κ1) is 22.7. The van der Waals surface area contributed by atoms with Crippen molar-refractivity contribution < 1.29 is 39.4 Å². The SMILES string of the molecule is [CH2]COCC(OCCO)C(C)C(CC(O)OCCO)OCCO. The minimum Gasteiger partial charge on any atom is -0.394 e. The zero-order valence-corrected chi connectivity index (χ0v) is 13.8. The Morgan fingerprint density at radius 3 is 1.91 bits per heavy atom. The fraction of sp³-hybridized carbons (Fsp3) is 0.933. The molecule has 0 aromatic rings. The molecule has 23 heavy (non-hydrogen) atoms. The Bertz CT molecular complexity index is 246. The van der Waals surface area contributed by atoms with Crippen molar-refractivity contribution in [2.45, 2.75) is 31.8 Å². The first-order chi connectivity index (χ1) is 11.1. The molecule has 0 amide bonds. The molecule has 4 atom stereocenters. The van der Waals surface area contributed by atoms with Crippen molar-refractivity contribution in [3.63, 3.8) is 0 Å². The summed E-state index contributed by atoms with van der Waals surface area (Å²) in [5.74, 6) is -0.188. The number of ether oxygens (including phenoxy) is 4. The zero-order chi connectivity index (χ0) is 17.5. The van der Waals surface area contributed by atoms with Crippen molar-refractivity contribution in [1.82, 2.24) is 0 Å². The highest BCUT2D eigenvalue weighted by atomic mass is 16.6. The first-order valence-electron chi connectivity index (χ1n) is 7.83. The predicted octanol–water partition coefficient (Wildman–Crippen LogP) is -1.05. The maximum absolute atomic E-state index is 9.83. The second-order valence-electron chi connectivity index (χ2n) is 4.98. The van der Waals surface area contributed by atoms with Crippen LogP contribution >= 0.6 is 0 Å². The van der Waals surface area contributed by atoms with E-state index in [-0.39, 0.29) is 71.3 Å². The van der Waals surface area contributed by atoms with Gasteiger partial charge in [0.1, 0.15) is 0 Å². The lowest BCUT2D eigenvalue weighted by Gasteiger charge is -2.32. The summed E-state index contributed by atoms with van der Waals surface area (Å²) in [5.41, 5.74) is 0. The highest BCUT2D eigenvalue weighted by Crippen LogP contribution is 2.21. The van der Waals surface area contributed by atoms with Crippen LogP contribution in [0.3, 0.4) is 0 Å². The Morgan fingerprint density at radius 2 is 1.39 bits per heavy atom. The van der Waals surface area contributed by atoms with Crippen molar-refractivity contribution in [2.75, 3.05) is 52.9 Å². The molecular weight excluding hydrogens is 308 g/mol. The normalized spacial score (nSPS) is 17.0. The molecule has 0 aliphatic heterocycles. The lowest BCUT2D eigenvalue weighted by atomic mass is 9.95. The molecule has 0 rings (SSSR count). The van der Waals surface area contributed by atoms with Gasteiger partial charge in [0.05, 0.1) is 58.5 Å². The van der Waals surface area contributed by atoms with E-state index >= 15 is 0 Å². The van der Waals surface area contributed by atoms with Gasteiger partial charge >= 0.3 is 0 Å². The molecule has 0 saturated heterocycles. The lowest BCUT2D eigenvalue weighted by Crippen LogP contribution is -2.40. The van der Waals surface area contributed by atoms with E-state index in [0.29, 0.717) is 0 Å². The maximum atomic E-state index is 9.83. The maximum Gasteiger partial charge on any atom is 0.157 e. The second kappa shape index (κ2) is 15.2. The van der Waals surface area contributed by atoms with E-state index in [1.165, 1.54) is 0 Å². The molecule has 1 radical (unpaired) electrons. The highest BCUT2D eigenvalue weighted by molar-refractivity contribution is 4.76. The first-order valence-corrected chi connectivity index (χ1v) is 7.83. The topological polar surface area (TPSA) is 118 Å². The molecule has 0 heterocycles. The summed E-state index contributed by atoms with van der Waals surface area (Å²) < 4.78 is 21.5. The Labute approximate surface area is 137 Å². The summed E-state index contributed by atoms with van der Waals surface area (Å²) in [5, 5.41) is 36.4. The summed E-state index contributed by atoms with van der Waals surface area (Å²) in [6.07, 6.45) is -1.75. The third-order valence-electron chi connectivity index (χ3n) is 3.28. The molecule has 0 aliphatic rings. The van der Waals surface area contributed by atoms with Gasteiger partial charge < -0.3 is 39.4 Å². The van der Waals surface area contributed by atoms with E-state index < -0.39 is 12.4 Å². The van der Waals surface area contributed by atoms with Crippen LogP contribution in [0.25, 0.3) is 0 Å². The van der Waals surface area contributed by atoms with E-state index in [1.54, 1.807) is 0 Å². The molecule has 0 saturated carbocycles. The van der Waals surface area contributed by atoms with Gasteiger partial charge in [-0.25, -0.2) is 0 Å². The smallest absolute Gasteiger partial charge is 0.157 e. The number of rotatable bonds is 16. The van der Waals surface area contributed by atoms with Crippen molar-refractivity contribution >= 4 is 0 Å². The van der Waals surface area contributed by atoms with Crippen molar-refractivity contribution in [3.05, 3.63) is 6.92 Å². The molecule has 0 fully saturated rings. The molecule has 0 bridgehead atoms. The van der Waals surface area contributed by atoms with Crippen LogP contribution < -0.4 is 0 Å². The van der Waals surface area contributed by atoms with E-state index in [0.717, 1.165) is 0 Å². The van der Waals surface area contributed by atoms with Gasteiger partial charge in [0, 0.05) is 18.9 Å². The van der Waals surface area contributed by atoms with Crippen molar-refractivity contribution in [1.29, 1.82) is 0 Å². The summed E-state index contributed by atoms with van der Waals surface area (Å²) in [7, 11) is 0. The van der Waals surface area contributed by atoms with Crippen LogP contribution in [0.5, 0.6) is 0 Å². The van der Waals surface area contributed by atoms with Crippen LogP contribution in [-0.4, -0.2) is 91.8 Å². The van der Waals surface area contributed by atoms with Crippen molar-refractivity contribution in [3.8, 4) is 0 Å². The van der Waals surface area contributed by atoms with Crippen molar-refractivity contribution in [2.24, 2.45) is 5.92 Å². The molecule has 139 valence electrons. The lowest BCUT2D eigenvalue weighted by molar-refractivity contribution is -0.155. The fourth-order valence-corrected chi connectivity index (χ4v) is 2.09. The van der Waals surface area contributed by atoms with Gasteiger partial charge in [-0.1, -0.05) is 6.92 Å². The second-order valence-corrected chi connectivity index (χ2v) is 4.98. The molecule has 8 heteroatoms. The van der Waals surface area contributed by atoms with Gasteiger partial charge in [-0.05, 0) is 6.92 Å². The fourth-order valence-electron chi connectivity index (χ4n) is 2.09. The number of hydrogen-bond donors (Lipinski definition) is 4. The van der Waals surface area contributed by atoms with Gasteiger partial charge in [0.15, 0.2) is 6.29 Å². The van der Waals surface area contributed by atoms with Gasteiger partial charge in [-0.2, -0.15) is 0 Å². The summed E-state index contributed by atoms with van der Waals surface area (Å²) in [6, 6.07) is 0. The summed E-state index contributed by atoms with van der Waals surface area (Å²) in [6.45, 7) is 5.89. The highest BCUT2D eigenvalue weighted by Gasteiger charge is 2.29. The largest absolute Gasteiger partial charge is 0.394 e. The molecule has 0 aromatic carbocycles. The molecule has 8 nitrogen and oxygen atoms in total. The van der Waals surface area contributed by atoms with Gasteiger partial charge in [-0.3, -0.25) is 0 Å². The average molecular weight is 339 g/mol. The van der Waals surface area contributed by atoms with E-state index in [4.69, 9.17) is 34.3 Å². The monoisotopic (exact) mass is 339 g/mol.